The number of aromatic nitrogens is 3. The number of anilines is 1. The molecule has 1 saturated carbocycles. The van der Waals surface area contributed by atoms with Crippen molar-refractivity contribution >= 4 is 5.82 Å². The van der Waals surface area contributed by atoms with Crippen LogP contribution in [0.4, 0.5) is 14.6 Å². The normalized spacial score (nSPS) is 15.3. The Labute approximate surface area is 114 Å². The molecular weight excluding hydrogens is 266 g/mol. The molecule has 1 aliphatic rings. The van der Waals surface area contributed by atoms with Crippen molar-refractivity contribution < 1.29 is 13.5 Å². The second-order valence-electron chi connectivity index (χ2n) is 4.80. The van der Waals surface area contributed by atoms with Gasteiger partial charge in [0.25, 0.3) is 0 Å². The van der Waals surface area contributed by atoms with Crippen LogP contribution in [0.5, 0.6) is 5.75 Å². The highest BCUT2D eigenvalue weighted by Crippen LogP contribution is 2.35. The maximum atomic E-state index is 12.3. The monoisotopic (exact) mass is 280 g/mol. The smallest absolute Gasteiger partial charge is 0.387 e. The van der Waals surface area contributed by atoms with Crippen LogP contribution >= 0.6 is 0 Å². The molecule has 0 aliphatic heterocycles. The molecule has 106 valence electrons. The maximum Gasteiger partial charge on any atom is 0.387 e. The number of halogens is 2. The number of nitrogens with one attached hydrogen (secondary N) is 1. The van der Waals surface area contributed by atoms with E-state index in [4.69, 9.17) is 5.73 Å². The average molecular weight is 280 g/mol. The summed E-state index contributed by atoms with van der Waals surface area (Å²) in [5, 5.41) is 0. The minimum Gasteiger partial charge on any atom is -0.431 e. The Kier molecular flexibility index (Phi) is 3.25. The van der Waals surface area contributed by atoms with E-state index in [1.54, 1.807) is 6.20 Å². The number of alkyl halides is 2. The summed E-state index contributed by atoms with van der Waals surface area (Å²) in [4.78, 5) is 11.4. The van der Waals surface area contributed by atoms with Crippen molar-refractivity contribution in [1.82, 2.24) is 15.0 Å². The lowest BCUT2D eigenvalue weighted by molar-refractivity contribution is -0.0494. The van der Waals surface area contributed by atoms with E-state index < -0.39 is 6.61 Å². The van der Waals surface area contributed by atoms with Gasteiger partial charge in [0.1, 0.15) is 5.82 Å². The van der Waals surface area contributed by atoms with Gasteiger partial charge in [-0.15, -0.1) is 0 Å². The summed E-state index contributed by atoms with van der Waals surface area (Å²) in [5.41, 5.74) is 6.84. The molecule has 2 aromatic rings. The molecule has 0 bridgehead atoms. The van der Waals surface area contributed by atoms with Gasteiger partial charge in [-0.25, -0.2) is 9.97 Å². The number of hydrogen-bond donors (Lipinski definition) is 2. The van der Waals surface area contributed by atoms with Crippen LogP contribution in [-0.4, -0.2) is 21.6 Å². The number of nitrogens with two attached hydrogens (primary N) is 1. The van der Waals surface area contributed by atoms with E-state index in [1.165, 1.54) is 18.7 Å². The molecule has 0 aromatic carbocycles. The lowest BCUT2D eigenvalue weighted by Gasteiger charge is -2.22. The number of aromatic amines is 1. The lowest BCUT2D eigenvalue weighted by atomic mass is 9.85. The van der Waals surface area contributed by atoms with Gasteiger partial charge in [0.2, 0.25) is 0 Å². The molecule has 0 atom stereocenters. The van der Waals surface area contributed by atoms with Crippen LogP contribution < -0.4 is 10.5 Å². The van der Waals surface area contributed by atoms with Crippen LogP contribution in [0.15, 0.2) is 18.5 Å². The van der Waals surface area contributed by atoms with Crippen LogP contribution in [0, 0.1) is 0 Å². The van der Waals surface area contributed by atoms with Gasteiger partial charge >= 0.3 is 6.61 Å². The number of pyridine rings is 1. The van der Waals surface area contributed by atoms with Gasteiger partial charge in [-0.1, -0.05) is 6.42 Å². The van der Waals surface area contributed by atoms with Crippen LogP contribution in [0.3, 0.4) is 0 Å². The van der Waals surface area contributed by atoms with Gasteiger partial charge in [0, 0.05) is 17.7 Å². The predicted molar refractivity (Wildman–Crippen MR) is 69.5 cm³/mol. The highest BCUT2D eigenvalue weighted by Gasteiger charge is 2.22. The molecule has 20 heavy (non-hydrogen) atoms. The quantitative estimate of drug-likeness (QED) is 0.902. The van der Waals surface area contributed by atoms with Crippen molar-refractivity contribution in [3.05, 3.63) is 24.3 Å². The summed E-state index contributed by atoms with van der Waals surface area (Å²) in [5.74, 6) is 1.21. The second kappa shape index (κ2) is 5.07. The molecule has 5 nitrogen and oxygen atoms in total. The minimum atomic E-state index is -2.93. The molecule has 1 aliphatic carbocycles. The average Bonchev–Trinajstić information content (AvgIpc) is 2.78. The zero-order valence-corrected chi connectivity index (χ0v) is 10.6. The Balaban J connectivity index is 1.87. The number of nitrogens with zero attached hydrogens (tertiary/aromatic N) is 2. The van der Waals surface area contributed by atoms with Crippen LogP contribution in [0.25, 0.3) is 11.3 Å². The predicted octanol–water partition coefficient (Wildman–Crippen LogP) is 2.92. The molecule has 0 spiro atoms. The van der Waals surface area contributed by atoms with Gasteiger partial charge < -0.3 is 15.5 Å². The molecule has 2 heterocycles. The molecular formula is C13H14F2N4O. The topological polar surface area (TPSA) is 76.8 Å². The summed E-state index contributed by atoms with van der Waals surface area (Å²) in [7, 11) is 0. The molecule has 0 saturated heterocycles. The van der Waals surface area contributed by atoms with Gasteiger partial charge in [-0.05, 0) is 18.9 Å². The van der Waals surface area contributed by atoms with Crippen LogP contribution in [-0.2, 0) is 0 Å². The Bertz CT molecular complexity index is 610. The molecule has 0 unspecified atom stereocenters. The zero-order chi connectivity index (χ0) is 14.1. The molecule has 3 rings (SSSR count). The first kappa shape index (κ1) is 12.8. The SMILES string of the molecule is Nc1ncc(-c2cnc(C3CCC3)[nH]2)cc1OC(F)F. The Morgan fingerprint density at radius 2 is 2.10 bits per heavy atom. The van der Waals surface area contributed by atoms with Crippen LogP contribution in [0.2, 0.25) is 0 Å². The number of imidazole rings is 1. The number of nitrogen functional groups attached to an aromatic ring is 1. The Morgan fingerprint density at radius 1 is 1.30 bits per heavy atom. The van der Waals surface area contributed by atoms with Gasteiger partial charge in [-0.2, -0.15) is 8.78 Å². The number of hydrogen-bond acceptors (Lipinski definition) is 4. The molecule has 2 aromatic heterocycles. The van der Waals surface area contributed by atoms with E-state index >= 15 is 0 Å². The van der Waals surface area contributed by atoms with E-state index in [9.17, 15) is 8.78 Å². The maximum absolute atomic E-state index is 12.3. The molecule has 0 radical (unpaired) electrons. The van der Waals surface area contributed by atoms with Gasteiger partial charge in [0.05, 0.1) is 11.9 Å². The Hall–Kier alpha value is -2.18. The minimum absolute atomic E-state index is 0.0622. The second-order valence-corrected chi connectivity index (χ2v) is 4.80. The molecule has 0 amide bonds. The van der Waals surface area contributed by atoms with Crippen molar-refractivity contribution in [1.29, 1.82) is 0 Å². The highest BCUT2D eigenvalue weighted by molar-refractivity contribution is 5.63. The number of rotatable bonds is 4. The van der Waals surface area contributed by atoms with E-state index in [2.05, 4.69) is 19.7 Å². The van der Waals surface area contributed by atoms with E-state index in [0.717, 1.165) is 24.4 Å². The Morgan fingerprint density at radius 3 is 2.75 bits per heavy atom. The van der Waals surface area contributed by atoms with E-state index in [1.807, 2.05) is 0 Å². The standard InChI is InChI=1S/C13H14F2N4O/c14-13(15)20-10-4-8(5-17-11(10)16)9-6-18-12(19-9)7-2-1-3-7/h4-7,13H,1-3H2,(H2,16,17)(H,18,19). The van der Waals surface area contributed by atoms with Gasteiger partial charge in [0.15, 0.2) is 11.6 Å². The third kappa shape index (κ3) is 2.43. The number of ether oxygens (including phenoxy) is 1. The van der Waals surface area contributed by atoms with Crippen molar-refractivity contribution in [2.24, 2.45) is 0 Å². The summed E-state index contributed by atoms with van der Waals surface area (Å²) < 4.78 is 28.9. The highest BCUT2D eigenvalue weighted by atomic mass is 19.3. The fourth-order valence-corrected chi connectivity index (χ4v) is 2.17. The summed E-state index contributed by atoms with van der Waals surface area (Å²) in [6.07, 6.45) is 6.66. The largest absolute Gasteiger partial charge is 0.431 e. The van der Waals surface area contributed by atoms with Crippen molar-refractivity contribution in [2.45, 2.75) is 31.8 Å². The fourth-order valence-electron chi connectivity index (χ4n) is 2.17. The molecule has 1 fully saturated rings. The third-order valence-electron chi connectivity index (χ3n) is 3.50. The third-order valence-corrected chi connectivity index (χ3v) is 3.50. The lowest BCUT2D eigenvalue weighted by Crippen LogP contribution is -2.10. The van der Waals surface area contributed by atoms with Gasteiger partial charge in [-0.3, -0.25) is 0 Å². The van der Waals surface area contributed by atoms with Crippen molar-refractivity contribution in [3.63, 3.8) is 0 Å². The molecule has 3 N–H and O–H groups in total. The first-order chi connectivity index (χ1) is 9.63. The zero-order valence-electron chi connectivity index (χ0n) is 10.6. The van der Waals surface area contributed by atoms with Crippen molar-refractivity contribution in [3.8, 4) is 17.0 Å². The summed E-state index contributed by atoms with van der Waals surface area (Å²) in [6.45, 7) is -2.93. The fraction of sp³-hybridized carbons (Fsp3) is 0.385. The number of H-pyrrole nitrogens is 1. The molecule has 7 heteroatoms. The first-order valence-corrected chi connectivity index (χ1v) is 6.39. The summed E-state index contributed by atoms with van der Waals surface area (Å²) in [6, 6.07) is 1.44. The first-order valence-electron chi connectivity index (χ1n) is 6.39. The van der Waals surface area contributed by atoms with E-state index in [0.29, 0.717) is 11.5 Å². The van der Waals surface area contributed by atoms with Crippen molar-refractivity contribution in [2.75, 3.05) is 5.73 Å². The summed E-state index contributed by atoms with van der Waals surface area (Å²) >= 11 is 0. The van der Waals surface area contributed by atoms with Crippen LogP contribution in [0.1, 0.15) is 31.0 Å². The van der Waals surface area contributed by atoms with E-state index in [-0.39, 0.29) is 11.6 Å².